The molecule has 0 fully saturated rings. The fraction of sp³-hybridized carbons (Fsp3) is 0.261. The zero-order chi connectivity index (χ0) is 23.1. The van der Waals surface area contributed by atoms with Gasteiger partial charge in [0, 0.05) is 37.1 Å². The maximum atomic E-state index is 12.5. The highest BCUT2D eigenvalue weighted by molar-refractivity contribution is 5.94. The summed E-state index contributed by atoms with van der Waals surface area (Å²) in [7, 11) is 3.89. The Morgan fingerprint density at radius 1 is 1.06 bits per heavy atom. The van der Waals surface area contributed by atoms with Crippen molar-refractivity contribution < 1.29 is 9.59 Å². The van der Waals surface area contributed by atoms with Gasteiger partial charge in [0.2, 0.25) is 0 Å². The molecule has 4 N–H and O–H groups in total. The van der Waals surface area contributed by atoms with Crippen molar-refractivity contribution in [2.75, 3.05) is 32.5 Å². The lowest BCUT2D eigenvalue weighted by atomic mass is 10.1. The van der Waals surface area contributed by atoms with E-state index >= 15 is 0 Å². The summed E-state index contributed by atoms with van der Waals surface area (Å²) in [5, 5.41) is 8.45. The zero-order valence-corrected chi connectivity index (χ0v) is 18.4. The molecule has 0 unspecified atom stereocenters. The molecule has 168 valence electrons. The van der Waals surface area contributed by atoms with Gasteiger partial charge in [0.05, 0.1) is 11.4 Å². The first-order valence-corrected chi connectivity index (χ1v) is 10.3. The number of likely N-dealkylation sites (N-methyl/N-ethyl adjacent to an activating group) is 1. The summed E-state index contributed by atoms with van der Waals surface area (Å²) >= 11 is 0. The number of aromatic amines is 1. The van der Waals surface area contributed by atoms with Gasteiger partial charge in [0.25, 0.3) is 5.91 Å². The number of imidazole rings is 1. The number of hydrogen-bond acceptors (Lipinski definition) is 4. The van der Waals surface area contributed by atoms with Crippen LogP contribution >= 0.6 is 0 Å². The molecule has 9 heteroatoms. The first kappa shape index (κ1) is 22.8. The smallest absolute Gasteiger partial charge is 0.330 e. The highest BCUT2D eigenvalue weighted by Crippen LogP contribution is 2.19. The van der Waals surface area contributed by atoms with Crippen LogP contribution in [-0.2, 0) is 6.54 Å². The maximum Gasteiger partial charge on any atom is 0.330 e. The molecule has 3 amide bonds. The van der Waals surface area contributed by atoms with Gasteiger partial charge >= 0.3 is 11.7 Å². The van der Waals surface area contributed by atoms with Crippen LogP contribution < -0.4 is 21.6 Å². The number of carbonyl (C=O) groups is 2. The van der Waals surface area contributed by atoms with E-state index in [1.54, 1.807) is 55.6 Å². The molecule has 0 aliphatic rings. The molecule has 9 nitrogen and oxygen atoms in total. The second-order valence-electron chi connectivity index (χ2n) is 7.66. The van der Waals surface area contributed by atoms with E-state index in [2.05, 4.69) is 20.9 Å². The van der Waals surface area contributed by atoms with Gasteiger partial charge in [-0.05, 0) is 50.8 Å². The third-order valence-electron chi connectivity index (χ3n) is 4.84. The molecule has 1 heterocycles. The number of nitrogens with one attached hydrogen (secondary N) is 4. The molecule has 3 aromatic rings. The molecule has 32 heavy (non-hydrogen) atoms. The third-order valence-corrected chi connectivity index (χ3v) is 4.84. The Hall–Kier alpha value is -3.85. The van der Waals surface area contributed by atoms with E-state index in [9.17, 15) is 14.4 Å². The first-order chi connectivity index (χ1) is 15.3. The quantitative estimate of drug-likeness (QED) is 0.433. The monoisotopic (exact) mass is 436 g/mol. The molecular formula is C23H28N6O3. The van der Waals surface area contributed by atoms with Gasteiger partial charge in [-0.1, -0.05) is 24.3 Å². The Bertz CT molecular complexity index is 1150. The van der Waals surface area contributed by atoms with Gasteiger partial charge in [-0.3, -0.25) is 9.36 Å². The Morgan fingerprint density at radius 2 is 1.84 bits per heavy atom. The Kier molecular flexibility index (Phi) is 7.45. The molecule has 1 aromatic heterocycles. The molecule has 0 atom stereocenters. The van der Waals surface area contributed by atoms with E-state index in [0.717, 1.165) is 17.8 Å². The molecule has 0 bridgehead atoms. The predicted molar refractivity (Wildman–Crippen MR) is 124 cm³/mol. The lowest BCUT2D eigenvalue weighted by molar-refractivity contribution is 0.0951. The molecule has 0 saturated heterocycles. The van der Waals surface area contributed by atoms with Crippen LogP contribution in [0.25, 0.3) is 5.69 Å². The number of urea groups is 1. The SMILES string of the molecule is Cc1c[nH]c(=O)n1-c1ccccc1NC(=O)NCc1cccc(C(=O)NCCN(C)C)c1. The third kappa shape index (κ3) is 5.86. The van der Waals surface area contributed by atoms with E-state index in [-0.39, 0.29) is 18.1 Å². The number of benzene rings is 2. The number of aryl methyl sites for hydroxylation is 1. The van der Waals surface area contributed by atoms with E-state index < -0.39 is 6.03 Å². The molecule has 3 rings (SSSR count). The second-order valence-corrected chi connectivity index (χ2v) is 7.66. The average Bonchev–Trinajstić information content (AvgIpc) is 3.10. The number of nitrogens with zero attached hydrogens (tertiary/aromatic N) is 2. The van der Waals surface area contributed by atoms with E-state index in [1.807, 2.05) is 25.1 Å². The van der Waals surface area contributed by atoms with Crippen LogP contribution in [0.15, 0.2) is 59.5 Å². The minimum atomic E-state index is -0.417. The maximum absolute atomic E-state index is 12.5. The van der Waals surface area contributed by atoms with Crippen LogP contribution in [0.3, 0.4) is 0 Å². The molecule has 2 aromatic carbocycles. The molecule has 0 saturated carbocycles. The van der Waals surface area contributed by atoms with Crippen LogP contribution in [0.1, 0.15) is 21.6 Å². The van der Waals surface area contributed by atoms with Crippen LogP contribution in [0, 0.1) is 6.92 Å². The topological polar surface area (TPSA) is 111 Å². The number of carbonyl (C=O) groups excluding carboxylic acids is 2. The Balaban J connectivity index is 1.62. The minimum Gasteiger partial charge on any atom is -0.351 e. The Morgan fingerprint density at radius 3 is 2.56 bits per heavy atom. The summed E-state index contributed by atoms with van der Waals surface area (Å²) in [6.45, 7) is 3.36. The normalized spacial score (nSPS) is 10.8. The van der Waals surface area contributed by atoms with E-state index in [4.69, 9.17) is 0 Å². The standard InChI is InChI=1S/C23H28N6O3/c1-16-14-26-23(32)29(16)20-10-5-4-9-19(20)27-22(31)25-15-17-7-6-8-18(13-17)21(30)24-11-12-28(2)3/h4-10,13-14H,11-12,15H2,1-3H3,(H,24,30)(H,26,32)(H2,25,27,31). The van der Waals surface area contributed by atoms with Crippen molar-refractivity contribution in [2.45, 2.75) is 13.5 Å². The van der Waals surface area contributed by atoms with Crippen molar-refractivity contribution in [1.29, 1.82) is 0 Å². The van der Waals surface area contributed by atoms with Crippen LogP contribution in [-0.4, -0.2) is 53.6 Å². The summed E-state index contributed by atoms with van der Waals surface area (Å²) in [5.74, 6) is -0.153. The average molecular weight is 437 g/mol. The van der Waals surface area contributed by atoms with Crippen molar-refractivity contribution in [1.82, 2.24) is 25.1 Å². The largest absolute Gasteiger partial charge is 0.351 e. The van der Waals surface area contributed by atoms with Crippen molar-refractivity contribution in [3.05, 3.63) is 82.0 Å². The van der Waals surface area contributed by atoms with Gasteiger partial charge in [-0.2, -0.15) is 0 Å². The van der Waals surface area contributed by atoms with Gasteiger partial charge in [-0.15, -0.1) is 0 Å². The van der Waals surface area contributed by atoms with Crippen LogP contribution in [0.4, 0.5) is 10.5 Å². The lowest BCUT2D eigenvalue weighted by Gasteiger charge is -2.13. The predicted octanol–water partition coefficient (Wildman–Crippen LogP) is 2.09. The summed E-state index contributed by atoms with van der Waals surface area (Å²) < 4.78 is 1.49. The zero-order valence-electron chi connectivity index (χ0n) is 18.4. The van der Waals surface area contributed by atoms with Gasteiger partial charge in [0.1, 0.15) is 0 Å². The highest BCUT2D eigenvalue weighted by atomic mass is 16.2. The number of rotatable bonds is 8. The second kappa shape index (κ2) is 10.5. The number of amides is 3. The molecule has 0 radical (unpaired) electrons. The number of H-pyrrole nitrogens is 1. The summed E-state index contributed by atoms with van der Waals surface area (Å²) in [6, 6.07) is 13.8. The fourth-order valence-electron chi connectivity index (χ4n) is 3.20. The molecule has 0 aliphatic heterocycles. The number of hydrogen-bond donors (Lipinski definition) is 4. The molecule has 0 aliphatic carbocycles. The van der Waals surface area contributed by atoms with Crippen LogP contribution in [0.2, 0.25) is 0 Å². The minimum absolute atomic E-state index is 0.153. The first-order valence-electron chi connectivity index (χ1n) is 10.3. The van der Waals surface area contributed by atoms with Gasteiger partial charge in [0.15, 0.2) is 0 Å². The molecule has 0 spiro atoms. The van der Waals surface area contributed by atoms with Gasteiger partial charge < -0.3 is 25.8 Å². The summed E-state index contributed by atoms with van der Waals surface area (Å²) in [6.07, 6.45) is 1.61. The van der Waals surface area contributed by atoms with Crippen molar-refractivity contribution in [3.8, 4) is 5.69 Å². The molecular weight excluding hydrogens is 408 g/mol. The summed E-state index contributed by atoms with van der Waals surface area (Å²) in [5.41, 5.74) is 2.86. The van der Waals surface area contributed by atoms with E-state index in [1.165, 1.54) is 4.57 Å². The van der Waals surface area contributed by atoms with Crippen molar-refractivity contribution in [3.63, 3.8) is 0 Å². The van der Waals surface area contributed by atoms with Crippen LogP contribution in [0.5, 0.6) is 0 Å². The number of aromatic nitrogens is 2. The van der Waals surface area contributed by atoms with Gasteiger partial charge in [-0.25, -0.2) is 9.59 Å². The highest BCUT2D eigenvalue weighted by Gasteiger charge is 2.12. The fourth-order valence-corrected chi connectivity index (χ4v) is 3.20. The van der Waals surface area contributed by atoms with Crippen molar-refractivity contribution >= 4 is 17.6 Å². The summed E-state index contributed by atoms with van der Waals surface area (Å²) in [4.78, 5) is 41.6. The lowest BCUT2D eigenvalue weighted by Crippen LogP contribution is -2.31. The number of para-hydroxylation sites is 2. The Labute approximate surface area is 186 Å². The number of anilines is 1. The van der Waals surface area contributed by atoms with E-state index in [0.29, 0.717) is 23.5 Å². The van der Waals surface area contributed by atoms with Crippen molar-refractivity contribution in [2.24, 2.45) is 0 Å².